The zero-order chi connectivity index (χ0) is 20.5. The Balaban J connectivity index is 2.16. The monoisotopic (exact) mass is 406 g/mol. The van der Waals surface area contributed by atoms with Crippen LogP contribution in [0.15, 0.2) is 48.5 Å². The van der Waals surface area contributed by atoms with Gasteiger partial charge in [-0.15, -0.1) is 0 Å². The number of carbonyl (C=O) groups excluding carboxylic acids is 2. The Morgan fingerprint density at radius 3 is 2.54 bits per heavy atom. The number of hydrogen-bond donors (Lipinski definition) is 1. The number of halogens is 2. The molecule has 1 N–H and O–H groups in total. The topological polar surface area (TPSA) is 58.6 Å². The summed E-state index contributed by atoms with van der Waals surface area (Å²) in [6.07, 6.45) is 0.785. The van der Waals surface area contributed by atoms with E-state index in [1.165, 1.54) is 23.1 Å². The summed E-state index contributed by atoms with van der Waals surface area (Å²) in [4.78, 5) is 26.6. The molecule has 0 bridgehead atoms. The number of nitrogens with one attached hydrogen (secondary N) is 1. The smallest absolute Gasteiger partial charge is 0.261 e. The Bertz CT molecular complexity index is 816. The van der Waals surface area contributed by atoms with E-state index in [1.807, 2.05) is 13.0 Å². The summed E-state index contributed by atoms with van der Waals surface area (Å²) in [6.45, 7) is 3.85. The minimum Gasteiger partial charge on any atom is -0.481 e. The van der Waals surface area contributed by atoms with E-state index in [0.29, 0.717) is 17.1 Å². The predicted octanol–water partition coefficient (Wildman–Crippen LogP) is 3.80. The molecule has 0 saturated heterocycles. The first-order valence-corrected chi connectivity index (χ1v) is 9.49. The summed E-state index contributed by atoms with van der Waals surface area (Å²) in [6, 6.07) is 12.2. The number of benzene rings is 2. The normalized spacial score (nSPS) is 11.6. The number of para-hydroxylation sites is 1. The molecule has 5 nitrogen and oxygen atoms in total. The lowest BCUT2D eigenvalue weighted by Gasteiger charge is -2.29. The molecule has 0 radical (unpaired) electrons. The van der Waals surface area contributed by atoms with Crippen molar-refractivity contribution in [1.82, 2.24) is 10.2 Å². The first-order chi connectivity index (χ1) is 13.4. The Morgan fingerprint density at radius 1 is 1.18 bits per heavy atom. The van der Waals surface area contributed by atoms with Crippen LogP contribution in [0.3, 0.4) is 0 Å². The van der Waals surface area contributed by atoms with Crippen LogP contribution in [0.25, 0.3) is 0 Å². The molecule has 0 aliphatic rings. The van der Waals surface area contributed by atoms with E-state index in [9.17, 15) is 14.0 Å². The second-order valence-corrected chi connectivity index (χ2v) is 6.71. The Labute approximate surface area is 169 Å². The van der Waals surface area contributed by atoms with E-state index in [4.69, 9.17) is 16.3 Å². The third kappa shape index (κ3) is 5.96. The van der Waals surface area contributed by atoms with Crippen LogP contribution in [-0.2, 0) is 16.1 Å². The van der Waals surface area contributed by atoms with Crippen LogP contribution in [0.1, 0.15) is 25.8 Å². The van der Waals surface area contributed by atoms with Crippen molar-refractivity contribution in [3.05, 3.63) is 64.9 Å². The van der Waals surface area contributed by atoms with E-state index >= 15 is 0 Å². The average molecular weight is 407 g/mol. The summed E-state index contributed by atoms with van der Waals surface area (Å²) in [5, 5.41) is 3.28. The fourth-order valence-electron chi connectivity index (χ4n) is 2.57. The molecule has 2 aromatic rings. The lowest BCUT2D eigenvalue weighted by Crippen LogP contribution is -2.49. The van der Waals surface area contributed by atoms with Gasteiger partial charge in [0.2, 0.25) is 5.91 Å². The maximum Gasteiger partial charge on any atom is 0.261 e. The summed E-state index contributed by atoms with van der Waals surface area (Å²) < 4.78 is 19.1. The number of carbonyl (C=O) groups is 2. The van der Waals surface area contributed by atoms with E-state index < -0.39 is 24.4 Å². The quantitative estimate of drug-likeness (QED) is 0.689. The standard InChI is InChI=1S/C21H24ClFN2O3/c1-3-12-24-21(27)15(2)25(13-16-8-4-5-9-17(16)22)20(26)14-28-19-11-7-6-10-18(19)23/h4-11,15H,3,12-14H2,1-2H3,(H,24,27). The Morgan fingerprint density at radius 2 is 1.86 bits per heavy atom. The van der Waals surface area contributed by atoms with Crippen LogP contribution in [0.2, 0.25) is 5.02 Å². The predicted molar refractivity (Wildman–Crippen MR) is 107 cm³/mol. The average Bonchev–Trinajstić information content (AvgIpc) is 2.70. The van der Waals surface area contributed by atoms with Crippen molar-refractivity contribution in [3.63, 3.8) is 0 Å². The van der Waals surface area contributed by atoms with Crippen molar-refractivity contribution in [2.75, 3.05) is 13.2 Å². The molecule has 0 spiro atoms. The molecule has 150 valence electrons. The minimum absolute atomic E-state index is 0.0170. The number of ether oxygens (including phenoxy) is 1. The van der Waals surface area contributed by atoms with Crippen molar-refractivity contribution < 1.29 is 18.7 Å². The summed E-state index contributed by atoms with van der Waals surface area (Å²) in [7, 11) is 0. The Kier molecular flexibility index (Phi) is 8.26. The lowest BCUT2D eigenvalue weighted by molar-refractivity contribution is -0.142. The molecular formula is C21H24ClFN2O3. The van der Waals surface area contributed by atoms with Crippen LogP contribution in [-0.4, -0.2) is 35.9 Å². The van der Waals surface area contributed by atoms with Crippen molar-refractivity contribution in [1.29, 1.82) is 0 Å². The van der Waals surface area contributed by atoms with Crippen molar-refractivity contribution in [2.45, 2.75) is 32.9 Å². The molecule has 0 saturated carbocycles. The summed E-state index contributed by atoms with van der Waals surface area (Å²) in [5.74, 6) is -1.28. The van der Waals surface area contributed by atoms with E-state index in [0.717, 1.165) is 6.42 Å². The zero-order valence-electron chi connectivity index (χ0n) is 16.0. The number of nitrogens with zero attached hydrogens (tertiary/aromatic N) is 1. The van der Waals surface area contributed by atoms with Crippen molar-refractivity contribution in [3.8, 4) is 5.75 Å². The van der Waals surface area contributed by atoms with Gasteiger partial charge in [0, 0.05) is 18.1 Å². The molecule has 0 aliphatic heterocycles. The van der Waals surface area contributed by atoms with Gasteiger partial charge in [-0.05, 0) is 37.1 Å². The molecule has 0 aliphatic carbocycles. The first-order valence-electron chi connectivity index (χ1n) is 9.12. The maximum atomic E-state index is 13.7. The number of rotatable bonds is 9. The van der Waals surface area contributed by atoms with Crippen molar-refractivity contribution in [2.24, 2.45) is 0 Å². The van der Waals surface area contributed by atoms with Gasteiger partial charge in [-0.1, -0.05) is 48.9 Å². The maximum absolute atomic E-state index is 13.7. The molecule has 0 heterocycles. The molecule has 28 heavy (non-hydrogen) atoms. The van der Waals surface area contributed by atoms with Crippen LogP contribution >= 0.6 is 11.6 Å². The fourth-order valence-corrected chi connectivity index (χ4v) is 2.77. The van der Waals surface area contributed by atoms with Gasteiger partial charge in [0.25, 0.3) is 5.91 Å². The minimum atomic E-state index is -0.737. The van der Waals surface area contributed by atoms with Gasteiger partial charge in [-0.3, -0.25) is 9.59 Å². The summed E-state index contributed by atoms with van der Waals surface area (Å²) in [5.41, 5.74) is 0.707. The van der Waals surface area contributed by atoms with Crippen LogP contribution < -0.4 is 10.1 Å². The molecule has 0 fully saturated rings. The van der Waals surface area contributed by atoms with Gasteiger partial charge in [0.05, 0.1) is 0 Å². The van der Waals surface area contributed by atoms with Gasteiger partial charge >= 0.3 is 0 Å². The molecule has 2 aromatic carbocycles. The first kappa shape index (κ1) is 21.7. The van der Waals surface area contributed by atoms with Gasteiger partial charge in [0.1, 0.15) is 6.04 Å². The highest BCUT2D eigenvalue weighted by molar-refractivity contribution is 6.31. The highest BCUT2D eigenvalue weighted by Crippen LogP contribution is 2.20. The largest absolute Gasteiger partial charge is 0.481 e. The van der Waals surface area contributed by atoms with Crippen LogP contribution in [0.4, 0.5) is 4.39 Å². The molecule has 2 rings (SSSR count). The number of hydrogen-bond acceptors (Lipinski definition) is 3. The van der Waals surface area contributed by atoms with Crippen LogP contribution in [0.5, 0.6) is 5.75 Å². The highest BCUT2D eigenvalue weighted by Gasteiger charge is 2.27. The molecule has 1 unspecified atom stereocenters. The van der Waals surface area contributed by atoms with Gasteiger partial charge in [-0.2, -0.15) is 0 Å². The highest BCUT2D eigenvalue weighted by atomic mass is 35.5. The fraction of sp³-hybridized carbons (Fsp3) is 0.333. The third-order valence-corrected chi connectivity index (χ3v) is 4.57. The summed E-state index contributed by atoms with van der Waals surface area (Å²) >= 11 is 6.22. The third-order valence-electron chi connectivity index (χ3n) is 4.20. The molecule has 0 aromatic heterocycles. The second-order valence-electron chi connectivity index (χ2n) is 6.30. The van der Waals surface area contributed by atoms with Crippen molar-refractivity contribution >= 4 is 23.4 Å². The van der Waals surface area contributed by atoms with E-state index in [2.05, 4.69) is 5.32 Å². The van der Waals surface area contributed by atoms with Crippen LogP contribution in [0, 0.1) is 5.82 Å². The van der Waals surface area contributed by atoms with E-state index in [-0.39, 0.29) is 18.2 Å². The molecule has 2 amide bonds. The van der Waals surface area contributed by atoms with Gasteiger partial charge in [-0.25, -0.2) is 4.39 Å². The molecular weight excluding hydrogens is 383 g/mol. The second kappa shape index (κ2) is 10.7. The zero-order valence-corrected chi connectivity index (χ0v) is 16.7. The van der Waals surface area contributed by atoms with Gasteiger partial charge in [0.15, 0.2) is 18.2 Å². The van der Waals surface area contributed by atoms with Gasteiger partial charge < -0.3 is 15.0 Å². The molecule has 7 heteroatoms. The molecule has 1 atom stereocenters. The SMILES string of the molecule is CCCNC(=O)C(C)N(Cc1ccccc1Cl)C(=O)COc1ccccc1F. The Hall–Kier alpha value is -2.60. The van der Waals surface area contributed by atoms with E-state index in [1.54, 1.807) is 31.2 Å². The number of amides is 2. The lowest BCUT2D eigenvalue weighted by atomic mass is 10.1.